The number of hydrogen-bond donors (Lipinski definition) is 2. The molecule has 96 valence electrons. The molecular formula is C10H9Cl2N3O3. The molecule has 3 N–H and O–H groups in total. The largest absolute Gasteiger partial charge is 0.476 e. The third-order valence-corrected chi connectivity index (χ3v) is 3.24. The molecule has 0 fully saturated rings. The minimum atomic E-state index is -1.28. The minimum absolute atomic E-state index is 0.0195. The topological polar surface area (TPSA) is 97.8 Å². The summed E-state index contributed by atoms with van der Waals surface area (Å²) in [7, 11) is 0. The Balaban J connectivity index is 2.51. The lowest BCUT2D eigenvalue weighted by Crippen LogP contribution is -2.11. The maximum Gasteiger partial charge on any atom is 0.356 e. The molecule has 0 spiro atoms. The number of rotatable bonds is 2. The number of carboxylic acid groups (broad SMARTS) is 1. The summed E-state index contributed by atoms with van der Waals surface area (Å²) in [6.45, 7) is 1.78. The maximum atomic E-state index is 11.0. The highest BCUT2D eigenvalue weighted by atomic mass is 35.5. The predicted molar refractivity (Wildman–Crippen MR) is 67.2 cm³/mol. The Labute approximate surface area is 112 Å². The van der Waals surface area contributed by atoms with Crippen LogP contribution < -0.4 is 5.73 Å². The average Bonchev–Trinajstić information content (AvgIpc) is 2.72. The van der Waals surface area contributed by atoms with Crippen molar-refractivity contribution in [1.29, 1.82) is 0 Å². The molecule has 2 heterocycles. The number of carbonyl (C=O) groups is 1. The van der Waals surface area contributed by atoms with E-state index < -0.39 is 12.1 Å². The van der Waals surface area contributed by atoms with E-state index in [1.807, 2.05) is 0 Å². The Hall–Kier alpha value is -1.53. The van der Waals surface area contributed by atoms with Gasteiger partial charge in [0, 0.05) is 6.42 Å². The van der Waals surface area contributed by atoms with Crippen LogP contribution in [0.3, 0.4) is 0 Å². The number of hydrogen-bond acceptors (Lipinski definition) is 5. The summed E-state index contributed by atoms with van der Waals surface area (Å²) in [5.41, 5.74) is 6.30. The summed E-state index contributed by atoms with van der Waals surface area (Å²) in [6.07, 6.45) is -0.0532. The highest BCUT2D eigenvalue weighted by Crippen LogP contribution is 2.38. The first-order valence-electron chi connectivity index (χ1n) is 4.98. The van der Waals surface area contributed by atoms with Gasteiger partial charge in [0.15, 0.2) is 11.8 Å². The molecule has 0 aromatic carbocycles. The van der Waals surface area contributed by atoms with Crippen LogP contribution in [0.2, 0.25) is 10.0 Å². The Kier molecular flexibility index (Phi) is 3.32. The van der Waals surface area contributed by atoms with Crippen LogP contribution in [0.4, 0.5) is 5.69 Å². The van der Waals surface area contributed by atoms with Gasteiger partial charge in [-0.2, -0.15) is 0 Å². The quantitative estimate of drug-likeness (QED) is 0.872. The van der Waals surface area contributed by atoms with Crippen molar-refractivity contribution in [2.45, 2.75) is 19.4 Å². The first-order valence-corrected chi connectivity index (χ1v) is 5.74. The molecule has 1 aliphatic rings. The number of nitrogens with zero attached hydrogens (tertiary/aromatic N) is 2. The predicted octanol–water partition coefficient (Wildman–Crippen LogP) is 2.51. The van der Waals surface area contributed by atoms with E-state index in [0.29, 0.717) is 6.42 Å². The van der Waals surface area contributed by atoms with Crippen molar-refractivity contribution in [3.63, 3.8) is 0 Å². The molecule has 0 radical (unpaired) electrons. The van der Waals surface area contributed by atoms with Gasteiger partial charge in [0.1, 0.15) is 5.69 Å². The second-order valence-corrected chi connectivity index (χ2v) is 4.57. The van der Waals surface area contributed by atoms with Gasteiger partial charge in [-0.05, 0) is 6.92 Å². The molecule has 1 aromatic heterocycles. The summed E-state index contributed by atoms with van der Waals surface area (Å²) in [5.74, 6) is -1.28. The van der Waals surface area contributed by atoms with Gasteiger partial charge in [0.05, 0.1) is 21.4 Å². The molecule has 0 aliphatic carbocycles. The van der Waals surface area contributed by atoms with Crippen LogP contribution in [0.25, 0.3) is 0 Å². The zero-order valence-corrected chi connectivity index (χ0v) is 10.8. The van der Waals surface area contributed by atoms with Crippen LogP contribution in [0.5, 0.6) is 0 Å². The highest BCUT2D eigenvalue weighted by Gasteiger charge is 2.29. The van der Waals surface area contributed by atoms with Crippen LogP contribution >= 0.6 is 23.2 Å². The molecule has 1 aliphatic heterocycles. The minimum Gasteiger partial charge on any atom is -0.476 e. The molecule has 18 heavy (non-hydrogen) atoms. The second kappa shape index (κ2) is 4.62. The first kappa shape index (κ1) is 12.9. The van der Waals surface area contributed by atoms with Crippen molar-refractivity contribution < 1.29 is 14.7 Å². The smallest absolute Gasteiger partial charge is 0.356 e. The van der Waals surface area contributed by atoms with Gasteiger partial charge < -0.3 is 15.7 Å². The SMILES string of the molecule is CC1=NOC(c2nc(C(=O)O)c(Cl)c(N)c2Cl)C1. The van der Waals surface area contributed by atoms with Crippen molar-refractivity contribution >= 4 is 40.6 Å². The zero-order chi connectivity index (χ0) is 13.4. The molecule has 0 bridgehead atoms. The fraction of sp³-hybridized carbons (Fsp3) is 0.300. The summed E-state index contributed by atoms with van der Waals surface area (Å²) in [5, 5.41) is 12.7. The molecule has 8 heteroatoms. The molecular weight excluding hydrogens is 281 g/mol. The molecule has 2 rings (SSSR count). The van der Waals surface area contributed by atoms with Crippen LogP contribution in [0.15, 0.2) is 5.16 Å². The Morgan fingerprint density at radius 3 is 2.67 bits per heavy atom. The molecule has 0 amide bonds. The highest BCUT2D eigenvalue weighted by molar-refractivity contribution is 6.40. The van der Waals surface area contributed by atoms with Gasteiger partial charge in [-0.3, -0.25) is 0 Å². The summed E-state index contributed by atoms with van der Waals surface area (Å²) >= 11 is 11.8. The van der Waals surface area contributed by atoms with Gasteiger partial charge >= 0.3 is 5.97 Å². The number of nitrogen functional groups attached to an aromatic ring is 1. The number of oxime groups is 1. The van der Waals surface area contributed by atoms with Crippen molar-refractivity contribution in [2.24, 2.45) is 5.16 Å². The molecule has 0 saturated heterocycles. The van der Waals surface area contributed by atoms with E-state index in [9.17, 15) is 4.79 Å². The van der Waals surface area contributed by atoms with Crippen LogP contribution in [-0.4, -0.2) is 21.8 Å². The molecule has 1 unspecified atom stereocenters. The Morgan fingerprint density at radius 1 is 1.50 bits per heavy atom. The zero-order valence-electron chi connectivity index (χ0n) is 9.28. The lowest BCUT2D eigenvalue weighted by molar-refractivity contribution is 0.0683. The molecule has 6 nitrogen and oxygen atoms in total. The third-order valence-electron chi connectivity index (χ3n) is 2.46. The molecule has 1 aromatic rings. The monoisotopic (exact) mass is 289 g/mol. The summed E-state index contributed by atoms with van der Waals surface area (Å²) in [4.78, 5) is 20.0. The number of aromatic carboxylic acids is 1. The fourth-order valence-electron chi connectivity index (χ4n) is 1.58. The standard InChI is InChI=1S/C10H9Cl2N3O3/c1-3-2-4(18-15-3)8-5(11)7(13)6(12)9(14-8)10(16)17/h4H,2H2,1H3,(H2,13,14)(H,16,17). The van der Waals surface area contributed by atoms with Crippen LogP contribution in [0.1, 0.15) is 35.6 Å². The third kappa shape index (κ3) is 2.09. The van der Waals surface area contributed by atoms with E-state index in [1.165, 1.54) is 0 Å². The van der Waals surface area contributed by atoms with E-state index in [-0.39, 0.29) is 27.1 Å². The van der Waals surface area contributed by atoms with E-state index in [2.05, 4.69) is 10.1 Å². The normalized spacial score (nSPS) is 18.4. The lowest BCUT2D eigenvalue weighted by Gasteiger charge is -2.13. The molecule has 0 saturated carbocycles. The van der Waals surface area contributed by atoms with Crippen LogP contribution in [0, 0.1) is 0 Å². The van der Waals surface area contributed by atoms with E-state index in [0.717, 1.165) is 5.71 Å². The maximum absolute atomic E-state index is 11.0. The number of nitrogens with two attached hydrogens (primary N) is 1. The fourth-order valence-corrected chi connectivity index (χ4v) is 2.10. The summed E-state index contributed by atoms with van der Waals surface area (Å²) in [6, 6.07) is 0. The average molecular weight is 290 g/mol. The van der Waals surface area contributed by atoms with Crippen LogP contribution in [-0.2, 0) is 4.84 Å². The van der Waals surface area contributed by atoms with Gasteiger partial charge in [0.2, 0.25) is 0 Å². The second-order valence-electron chi connectivity index (χ2n) is 3.82. The number of halogens is 2. The Bertz CT molecular complexity index is 560. The van der Waals surface area contributed by atoms with E-state index in [1.54, 1.807) is 6.92 Å². The number of pyridine rings is 1. The van der Waals surface area contributed by atoms with Crippen molar-refractivity contribution in [2.75, 3.05) is 5.73 Å². The number of carboxylic acids is 1. The number of aromatic nitrogens is 1. The Morgan fingerprint density at radius 2 is 2.17 bits per heavy atom. The van der Waals surface area contributed by atoms with E-state index in [4.69, 9.17) is 38.9 Å². The first-order chi connectivity index (χ1) is 8.41. The number of anilines is 1. The lowest BCUT2D eigenvalue weighted by atomic mass is 10.1. The van der Waals surface area contributed by atoms with Gasteiger partial charge in [-0.15, -0.1) is 0 Å². The van der Waals surface area contributed by atoms with Gasteiger partial charge in [-0.1, -0.05) is 28.4 Å². The van der Waals surface area contributed by atoms with Crippen molar-refractivity contribution in [3.8, 4) is 0 Å². The van der Waals surface area contributed by atoms with E-state index >= 15 is 0 Å². The van der Waals surface area contributed by atoms with Gasteiger partial charge in [-0.25, -0.2) is 9.78 Å². The summed E-state index contributed by atoms with van der Waals surface area (Å²) < 4.78 is 0. The van der Waals surface area contributed by atoms with Crippen molar-refractivity contribution in [3.05, 3.63) is 21.4 Å². The molecule has 1 atom stereocenters. The van der Waals surface area contributed by atoms with Crippen molar-refractivity contribution in [1.82, 2.24) is 4.98 Å². The van der Waals surface area contributed by atoms with Gasteiger partial charge in [0.25, 0.3) is 0 Å².